The van der Waals surface area contributed by atoms with E-state index < -0.39 is 5.82 Å². The van der Waals surface area contributed by atoms with Gasteiger partial charge in [0.15, 0.2) is 11.6 Å². The molecule has 2 fully saturated rings. The van der Waals surface area contributed by atoms with Crippen molar-refractivity contribution in [3.63, 3.8) is 0 Å². The number of nitrogens with zero attached hydrogens (tertiary/aromatic N) is 1. The summed E-state index contributed by atoms with van der Waals surface area (Å²) in [7, 11) is 3.24. The molecule has 2 saturated heterocycles. The topological polar surface area (TPSA) is 41.6 Å². The van der Waals surface area contributed by atoms with Gasteiger partial charge in [-0.2, -0.15) is 0 Å². The van der Waals surface area contributed by atoms with Gasteiger partial charge >= 0.3 is 0 Å². The molecule has 3 rings (SSSR count). The van der Waals surface area contributed by atoms with Crippen LogP contribution in [0.25, 0.3) is 0 Å². The molecule has 1 aromatic carbocycles. The Morgan fingerprint density at radius 3 is 2.62 bits per heavy atom. The second-order valence-electron chi connectivity index (χ2n) is 6.03. The minimum atomic E-state index is -0.448. The van der Waals surface area contributed by atoms with Crippen LogP contribution in [0.5, 0.6) is 5.75 Å². The third kappa shape index (κ3) is 2.75. The molecular weight excluding hydrogens is 271 g/mol. The first-order valence-corrected chi connectivity index (χ1v) is 7.45. The smallest absolute Gasteiger partial charge is 0.253 e. The fourth-order valence-corrected chi connectivity index (χ4v) is 3.51. The Morgan fingerprint density at radius 2 is 2.00 bits per heavy atom. The molecule has 2 aliphatic rings. The Balaban J connectivity index is 1.75. The van der Waals surface area contributed by atoms with Crippen LogP contribution in [0.2, 0.25) is 0 Å². The number of hydrogen-bond acceptors (Lipinski definition) is 3. The van der Waals surface area contributed by atoms with Crippen LogP contribution in [-0.4, -0.2) is 43.1 Å². The van der Waals surface area contributed by atoms with Crippen LogP contribution < -0.4 is 10.1 Å². The molecule has 0 radical (unpaired) electrons. The van der Waals surface area contributed by atoms with Crippen molar-refractivity contribution in [2.75, 3.05) is 14.2 Å². The van der Waals surface area contributed by atoms with Crippen LogP contribution in [0.1, 0.15) is 36.0 Å². The Morgan fingerprint density at radius 1 is 1.33 bits per heavy atom. The summed E-state index contributed by atoms with van der Waals surface area (Å²) >= 11 is 0. The fourth-order valence-electron chi connectivity index (χ4n) is 3.51. The van der Waals surface area contributed by atoms with E-state index in [1.807, 2.05) is 7.05 Å². The van der Waals surface area contributed by atoms with Gasteiger partial charge in [0.1, 0.15) is 0 Å². The number of nitrogens with one attached hydrogen (secondary N) is 1. The van der Waals surface area contributed by atoms with Gasteiger partial charge in [0.05, 0.1) is 7.11 Å². The summed E-state index contributed by atoms with van der Waals surface area (Å²) in [5.74, 6) is -0.407. The fraction of sp³-hybridized carbons (Fsp3) is 0.562. The first kappa shape index (κ1) is 14.3. The minimum Gasteiger partial charge on any atom is -0.494 e. The van der Waals surface area contributed by atoms with Crippen molar-refractivity contribution >= 4 is 5.91 Å². The molecule has 1 N–H and O–H groups in total. The van der Waals surface area contributed by atoms with Crippen molar-refractivity contribution in [3.8, 4) is 5.75 Å². The number of piperidine rings is 1. The third-order valence-corrected chi connectivity index (χ3v) is 4.71. The van der Waals surface area contributed by atoms with E-state index in [-0.39, 0.29) is 17.7 Å². The minimum absolute atomic E-state index is 0.0698. The molecule has 4 nitrogen and oxygen atoms in total. The molecule has 2 bridgehead atoms. The molecule has 1 aromatic rings. The summed E-state index contributed by atoms with van der Waals surface area (Å²) in [6.45, 7) is 0. The average Bonchev–Trinajstić information content (AvgIpc) is 2.84. The maximum atomic E-state index is 13.4. The van der Waals surface area contributed by atoms with E-state index in [1.54, 1.807) is 4.90 Å². The predicted octanol–water partition coefficient (Wildman–Crippen LogP) is 2.19. The number of benzene rings is 1. The number of halogens is 1. The van der Waals surface area contributed by atoms with E-state index >= 15 is 0 Å². The summed E-state index contributed by atoms with van der Waals surface area (Å²) in [5.41, 5.74) is 0.474. The van der Waals surface area contributed by atoms with Gasteiger partial charge in [-0.15, -0.1) is 0 Å². The van der Waals surface area contributed by atoms with Gasteiger partial charge in [-0.1, -0.05) is 0 Å². The number of carbonyl (C=O) groups is 1. The largest absolute Gasteiger partial charge is 0.494 e. The highest BCUT2D eigenvalue weighted by Gasteiger charge is 2.36. The number of hydrogen-bond donors (Lipinski definition) is 1. The number of ether oxygens (including phenoxy) is 1. The lowest BCUT2D eigenvalue weighted by Crippen LogP contribution is -2.48. The maximum Gasteiger partial charge on any atom is 0.253 e. The molecule has 2 unspecified atom stereocenters. The Labute approximate surface area is 124 Å². The zero-order valence-electron chi connectivity index (χ0n) is 12.4. The van der Waals surface area contributed by atoms with Gasteiger partial charge < -0.3 is 15.0 Å². The second-order valence-corrected chi connectivity index (χ2v) is 6.03. The van der Waals surface area contributed by atoms with Crippen LogP contribution in [0.15, 0.2) is 18.2 Å². The van der Waals surface area contributed by atoms with Gasteiger partial charge in [0.25, 0.3) is 5.91 Å². The van der Waals surface area contributed by atoms with Gasteiger partial charge in [0, 0.05) is 30.7 Å². The summed E-state index contributed by atoms with van der Waals surface area (Å²) < 4.78 is 18.4. The quantitative estimate of drug-likeness (QED) is 0.928. The van der Waals surface area contributed by atoms with Crippen molar-refractivity contribution < 1.29 is 13.9 Å². The predicted molar refractivity (Wildman–Crippen MR) is 78.0 cm³/mol. The Kier molecular flexibility index (Phi) is 3.85. The normalized spacial score (nSPS) is 27.5. The van der Waals surface area contributed by atoms with E-state index in [9.17, 15) is 9.18 Å². The van der Waals surface area contributed by atoms with Crippen LogP contribution in [0.4, 0.5) is 4.39 Å². The van der Waals surface area contributed by atoms with Crippen LogP contribution >= 0.6 is 0 Å². The molecule has 2 aliphatic heterocycles. The van der Waals surface area contributed by atoms with E-state index in [0.717, 1.165) is 12.8 Å². The maximum absolute atomic E-state index is 13.4. The highest BCUT2D eigenvalue weighted by Crippen LogP contribution is 2.30. The molecule has 21 heavy (non-hydrogen) atoms. The highest BCUT2D eigenvalue weighted by molar-refractivity contribution is 5.94. The molecule has 0 aromatic heterocycles. The summed E-state index contributed by atoms with van der Waals surface area (Å²) in [5, 5.41) is 3.57. The highest BCUT2D eigenvalue weighted by atomic mass is 19.1. The number of methoxy groups -OCH3 is 1. The Hall–Kier alpha value is -1.62. The van der Waals surface area contributed by atoms with E-state index in [2.05, 4.69) is 5.32 Å². The molecule has 2 heterocycles. The lowest BCUT2D eigenvalue weighted by molar-refractivity contribution is 0.0681. The van der Waals surface area contributed by atoms with Gasteiger partial charge in [-0.25, -0.2) is 4.39 Å². The number of rotatable bonds is 3. The molecular formula is C16H21FN2O2. The van der Waals surface area contributed by atoms with Crippen molar-refractivity contribution in [2.24, 2.45) is 0 Å². The monoisotopic (exact) mass is 292 g/mol. The van der Waals surface area contributed by atoms with Crippen molar-refractivity contribution in [3.05, 3.63) is 29.6 Å². The molecule has 5 heteroatoms. The summed E-state index contributed by atoms with van der Waals surface area (Å²) in [6.07, 6.45) is 4.40. The standard InChI is InChI=1S/C16H21FN2O2/c1-19(13-8-11-4-5-12(9-13)18-11)16(20)10-3-6-14(17)15(7-10)21-2/h3,6-7,11-13,18H,4-5,8-9H2,1-2H3. The molecule has 2 atom stereocenters. The lowest BCUT2D eigenvalue weighted by Gasteiger charge is -2.35. The molecule has 0 aliphatic carbocycles. The SMILES string of the molecule is COc1cc(C(=O)N(C)C2CC3CCC(C2)N3)ccc1F. The zero-order chi connectivity index (χ0) is 15.0. The molecule has 0 saturated carbocycles. The van der Waals surface area contributed by atoms with Crippen molar-refractivity contribution in [1.82, 2.24) is 10.2 Å². The van der Waals surface area contributed by atoms with Crippen LogP contribution in [-0.2, 0) is 0 Å². The molecule has 1 amide bonds. The second kappa shape index (κ2) is 5.64. The first-order chi connectivity index (χ1) is 10.1. The van der Waals surface area contributed by atoms with E-state index in [1.165, 1.54) is 38.2 Å². The Bertz CT molecular complexity index is 537. The first-order valence-electron chi connectivity index (χ1n) is 7.45. The van der Waals surface area contributed by atoms with Crippen LogP contribution in [0, 0.1) is 5.82 Å². The summed E-state index contributed by atoms with van der Waals surface area (Å²) in [6, 6.07) is 5.60. The number of carbonyl (C=O) groups excluding carboxylic acids is 1. The molecule has 0 spiro atoms. The van der Waals surface area contributed by atoms with Gasteiger partial charge in [-0.05, 0) is 43.9 Å². The summed E-state index contributed by atoms with van der Waals surface area (Å²) in [4.78, 5) is 14.4. The molecule has 114 valence electrons. The van der Waals surface area contributed by atoms with Gasteiger partial charge in [-0.3, -0.25) is 4.79 Å². The lowest BCUT2D eigenvalue weighted by atomic mass is 9.98. The average molecular weight is 292 g/mol. The number of fused-ring (bicyclic) bond motifs is 2. The van der Waals surface area contributed by atoms with Crippen molar-refractivity contribution in [1.29, 1.82) is 0 Å². The van der Waals surface area contributed by atoms with Crippen LogP contribution in [0.3, 0.4) is 0 Å². The van der Waals surface area contributed by atoms with Crippen molar-refractivity contribution in [2.45, 2.75) is 43.8 Å². The van der Waals surface area contributed by atoms with E-state index in [4.69, 9.17) is 4.74 Å². The number of amides is 1. The van der Waals surface area contributed by atoms with Gasteiger partial charge in [0.2, 0.25) is 0 Å². The zero-order valence-corrected chi connectivity index (χ0v) is 12.4. The van der Waals surface area contributed by atoms with E-state index in [0.29, 0.717) is 17.6 Å². The third-order valence-electron chi connectivity index (χ3n) is 4.71.